The summed E-state index contributed by atoms with van der Waals surface area (Å²) in [4.78, 5) is 26.8. The van der Waals surface area contributed by atoms with Gasteiger partial charge in [0.25, 0.3) is 0 Å². The number of nitrogens with one attached hydrogen (secondary N) is 2. The van der Waals surface area contributed by atoms with Crippen LogP contribution in [-0.2, 0) is 26.0 Å². The van der Waals surface area contributed by atoms with Crippen molar-refractivity contribution in [2.45, 2.75) is 25.3 Å². The van der Waals surface area contributed by atoms with Crippen molar-refractivity contribution in [3.8, 4) is 0 Å². The normalized spacial score (nSPS) is 16.2. The van der Waals surface area contributed by atoms with Crippen molar-refractivity contribution in [1.82, 2.24) is 10.3 Å². The molecule has 0 aromatic carbocycles. The lowest BCUT2D eigenvalue weighted by Crippen LogP contribution is -2.43. The van der Waals surface area contributed by atoms with E-state index in [0.717, 1.165) is 30.4 Å². The third-order valence-electron chi connectivity index (χ3n) is 2.84. The highest BCUT2D eigenvalue weighted by molar-refractivity contribution is 7.92. The van der Waals surface area contributed by atoms with E-state index in [1.807, 2.05) is 0 Å². The highest BCUT2D eigenvalue weighted by atomic mass is 32.2. The molecule has 116 valence electrons. The summed E-state index contributed by atoms with van der Waals surface area (Å²) in [5.41, 5.74) is 0.392. The molecule has 0 bridgehead atoms. The molecule has 0 radical (unpaired) electrons. The number of carbonyl (C=O) groups excluding carboxylic acids is 1. The Bertz CT molecular complexity index is 651. The zero-order chi connectivity index (χ0) is 15.6. The second-order valence-corrected chi connectivity index (χ2v) is 7.52. The number of sulfonamides is 1. The number of carboxylic acid groups (broad SMARTS) is 1. The van der Waals surface area contributed by atoms with Crippen molar-refractivity contribution >= 4 is 38.4 Å². The van der Waals surface area contributed by atoms with Crippen LogP contribution in [0.3, 0.4) is 0 Å². The minimum atomic E-state index is -3.41. The molecule has 0 aliphatic heterocycles. The van der Waals surface area contributed by atoms with Gasteiger partial charge in [-0.05, 0) is 18.8 Å². The molecule has 1 unspecified atom stereocenters. The topological polar surface area (TPSA) is 125 Å². The number of aliphatic carboxylic acids is 1. The number of rotatable bonds is 7. The number of amides is 1. The Morgan fingerprint density at radius 3 is 2.71 bits per heavy atom. The lowest BCUT2D eigenvalue weighted by atomic mass is 10.2. The van der Waals surface area contributed by atoms with Gasteiger partial charge >= 0.3 is 5.97 Å². The van der Waals surface area contributed by atoms with E-state index in [4.69, 9.17) is 5.11 Å². The summed E-state index contributed by atoms with van der Waals surface area (Å²) >= 11 is 1.06. The Balaban J connectivity index is 1.92. The fraction of sp³-hybridized carbons (Fsp3) is 0.545. The SMILES string of the molecule is CS(=O)(=O)Nc1nc(CC(=O)NC(C(=O)O)C2CC2)cs1. The molecule has 1 aromatic heterocycles. The predicted molar refractivity (Wildman–Crippen MR) is 76.6 cm³/mol. The van der Waals surface area contributed by atoms with Crippen molar-refractivity contribution in [2.24, 2.45) is 5.92 Å². The average Bonchev–Trinajstić information content (AvgIpc) is 3.07. The van der Waals surface area contributed by atoms with E-state index < -0.39 is 27.9 Å². The Kier molecular flexibility index (Phi) is 4.47. The van der Waals surface area contributed by atoms with Gasteiger partial charge in [0.1, 0.15) is 6.04 Å². The minimum absolute atomic E-state index is 0.00402. The van der Waals surface area contributed by atoms with Crippen LogP contribution >= 0.6 is 11.3 Å². The van der Waals surface area contributed by atoms with E-state index in [-0.39, 0.29) is 17.5 Å². The van der Waals surface area contributed by atoms with E-state index in [1.165, 1.54) is 0 Å². The molecule has 1 atom stereocenters. The molecule has 1 saturated carbocycles. The smallest absolute Gasteiger partial charge is 0.326 e. The summed E-state index contributed by atoms with van der Waals surface area (Å²) in [6, 6.07) is -0.857. The van der Waals surface area contributed by atoms with Gasteiger partial charge in [0.05, 0.1) is 18.4 Å². The third-order valence-corrected chi connectivity index (χ3v) is 4.34. The van der Waals surface area contributed by atoms with E-state index in [1.54, 1.807) is 5.38 Å². The molecule has 8 nitrogen and oxygen atoms in total. The summed E-state index contributed by atoms with van der Waals surface area (Å²) in [6.07, 6.45) is 2.53. The van der Waals surface area contributed by atoms with Gasteiger partial charge in [-0.3, -0.25) is 9.52 Å². The van der Waals surface area contributed by atoms with Gasteiger partial charge in [-0.1, -0.05) is 0 Å². The predicted octanol–water partition coefficient (Wildman–Crippen LogP) is 0.0365. The van der Waals surface area contributed by atoms with E-state index in [2.05, 4.69) is 15.0 Å². The number of nitrogens with zero attached hydrogens (tertiary/aromatic N) is 1. The van der Waals surface area contributed by atoms with Gasteiger partial charge in [-0.2, -0.15) is 0 Å². The van der Waals surface area contributed by atoms with Crippen LogP contribution < -0.4 is 10.0 Å². The Hall–Kier alpha value is -1.68. The third kappa shape index (κ3) is 4.97. The number of carbonyl (C=O) groups is 2. The standard InChI is InChI=1S/C11H15N3O5S2/c1-21(18,19)14-11-12-7(5-20-11)4-8(15)13-9(10(16)17)6-2-3-6/h5-6,9H,2-4H2,1H3,(H,12,14)(H,13,15)(H,16,17). The molecule has 0 spiro atoms. The van der Waals surface area contributed by atoms with Crippen molar-refractivity contribution in [3.63, 3.8) is 0 Å². The maximum absolute atomic E-state index is 11.8. The molecular weight excluding hydrogens is 318 g/mol. The van der Waals surface area contributed by atoms with Gasteiger partial charge in [-0.25, -0.2) is 18.2 Å². The van der Waals surface area contributed by atoms with Crippen LogP contribution in [0.4, 0.5) is 5.13 Å². The highest BCUT2D eigenvalue weighted by Gasteiger charge is 2.37. The first-order valence-corrected chi connectivity index (χ1v) is 8.96. The van der Waals surface area contributed by atoms with Gasteiger partial charge < -0.3 is 10.4 Å². The molecule has 10 heteroatoms. The van der Waals surface area contributed by atoms with Gasteiger partial charge in [0, 0.05) is 5.38 Å². The molecule has 3 N–H and O–H groups in total. The first-order valence-electron chi connectivity index (χ1n) is 6.19. The fourth-order valence-corrected chi connectivity index (χ4v) is 3.36. The Morgan fingerprint density at radius 1 is 1.52 bits per heavy atom. The average molecular weight is 333 g/mol. The van der Waals surface area contributed by atoms with Gasteiger partial charge in [-0.15, -0.1) is 11.3 Å². The minimum Gasteiger partial charge on any atom is -0.480 e. The van der Waals surface area contributed by atoms with E-state index in [9.17, 15) is 18.0 Å². The van der Waals surface area contributed by atoms with Gasteiger partial charge in [0.15, 0.2) is 5.13 Å². The van der Waals surface area contributed by atoms with Crippen molar-refractivity contribution in [2.75, 3.05) is 11.0 Å². The molecule has 1 heterocycles. The van der Waals surface area contributed by atoms with Crippen LogP contribution in [0.25, 0.3) is 0 Å². The number of thiazole rings is 1. The number of hydrogen-bond donors (Lipinski definition) is 3. The second kappa shape index (κ2) is 5.98. The summed E-state index contributed by atoms with van der Waals surface area (Å²) < 4.78 is 24.3. The molecule has 2 rings (SSSR count). The molecular formula is C11H15N3O5S2. The van der Waals surface area contributed by atoms with Crippen molar-refractivity contribution < 1.29 is 23.1 Å². The van der Waals surface area contributed by atoms with Crippen LogP contribution in [0.1, 0.15) is 18.5 Å². The van der Waals surface area contributed by atoms with Crippen LogP contribution in [0.15, 0.2) is 5.38 Å². The van der Waals surface area contributed by atoms with Gasteiger partial charge in [0.2, 0.25) is 15.9 Å². The molecule has 1 aromatic rings. The molecule has 1 fully saturated rings. The maximum atomic E-state index is 11.8. The molecule has 1 amide bonds. The number of aromatic nitrogens is 1. The molecule has 1 aliphatic carbocycles. The Labute approximate surface area is 125 Å². The van der Waals surface area contributed by atoms with E-state index >= 15 is 0 Å². The largest absolute Gasteiger partial charge is 0.480 e. The lowest BCUT2D eigenvalue weighted by molar-refractivity contribution is -0.142. The summed E-state index contributed by atoms with van der Waals surface area (Å²) in [6.45, 7) is 0. The first-order chi connectivity index (χ1) is 9.74. The molecule has 1 aliphatic rings. The lowest BCUT2D eigenvalue weighted by Gasteiger charge is -2.12. The monoisotopic (exact) mass is 333 g/mol. The summed E-state index contributed by atoms with van der Waals surface area (Å²) in [7, 11) is -3.41. The number of carboxylic acids is 1. The van der Waals surface area contributed by atoms with Crippen molar-refractivity contribution in [3.05, 3.63) is 11.1 Å². The number of hydrogen-bond acceptors (Lipinski definition) is 6. The quantitative estimate of drug-likeness (QED) is 0.647. The zero-order valence-electron chi connectivity index (χ0n) is 11.2. The molecule has 0 saturated heterocycles. The van der Waals surface area contributed by atoms with Crippen LogP contribution in [0.5, 0.6) is 0 Å². The summed E-state index contributed by atoms with van der Waals surface area (Å²) in [5, 5.41) is 13.2. The molecule has 21 heavy (non-hydrogen) atoms. The van der Waals surface area contributed by atoms with E-state index in [0.29, 0.717) is 5.69 Å². The maximum Gasteiger partial charge on any atom is 0.326 e. The Morgan fingerprint density at radius 2 is 2.19 bits per heavy atom. The number of anilines is 1. The van der Waals surface area contributed by atoms with Crippen LogP contribution in [0, 0.1) is 5.92 Å². The second-order valence-electron chi connectivity index (χ2n) is 4.92. The van der Waals surface area contributed by atoms with Crippen LogP contribution in [0.2, 0.25) is 0 Å². The first kappa shape index (κ1) is 15.7. The fourth-order valence-electron chi connectivity index (χ4n) is 1.79. The highest BCUT2D eigenvalue weighted by Crippen LogP contribution is 2.32. The van der Waals surface area contributed by atoms with Crippen LogP contribution in [-0.4, -0.2) is 42.7 Å². The summed E-state index contributed by atoms with van der Waals surface area (Å²) in [5.74, 6) is -1.47. The zero-order valence-corrected chi connectivity index (χ0v) is 12.8. The van der Waals surface area contributed by atoms with Crippen molar-refractivity contribution in [1.29, 1.82) is 0 Å².